The van der Waals surface area contributed by atoms with Crippen molar-refractivity contribution in [2.24, 2.45) is 5.92 Å². The van der Waals surface area contributed by atoms with Crippen LogP contribution in [0.3, 0.4) is 0 Å². The average molecular weight is 664 g/mol. The van der Waals surface area contributed by atoms with E-state index >= 15 is 0 Å². The smallest absolute Gasteiger partial charge is 0.301 e. The van der Waals surface area contributed by atoms with Crippen molar-refractivity contribution in [1.82, 2.24) is 10.2 Å². The molecule has 3 aromatic carbocycles. The van der Waals surface area contributed by atoms with Gasteiger partial charge in [-0.1, -0.05) is 78.9 Å². The zero-order chi connectivity index (χ0) is 31.5. The molecule has 0 spiro atoms. The van der Waals surface area contributed by atoms with Crippen LogP contribution < -0.4 is 19.1 Å². The fourth-order valence-corrected chi connectivity index (χ4v) is 7.14. The molecule has 45 heavy (non-hydrogen) atoms. The van der Waals surface area contributed by atoms with Crippen LogP contribution in [-0.2, 0) is 15.3 Å². The molecule has 9 nitrogen and oxygen atoms in total. The van der Waals surface area contributed by atoms with E-state index < -0.39 is 17.7 Å². The van der Waals surface area contributed by atoms with Crippen molar-refractivity contribution in [1.29, 1.82) is 0 Å². The summed E-state index contributed by atoms with van der Waals surface area (Å²) in [6, 6.07) is 18.7. The third-order valence-electron chi connectivity index (χ3n) is 7.31. The molecule has 0 radical (unpaired) electrons. The first-order valence-electron chi connectivity index (χ1n) is 14.4. The number of ketones is 1. The van der Waals surface area contributed by atoms with E-state index in [2.05, 4.69) is 24.0 Å². The number of fused-ring (bicyclic) bond motifs is 1. The number of amides is 1. The molecule has 1 saturated heterocycles. The number of aromatic nitrogens is 2. The van der Waals surface area contributed by atoms with Crippen molar-refractivity contribution >= 4 is 57.3 Å². The van der Waals surface area contributed by atoms with E-state index in [4.69, 9.17) is 25.8 Å². The Labute approximate surface area is 273 Å². The van der Waals surface area contributed by atoms with Crippen molar-refractivity contribution in [3.63, 3.8) is 0 Å². The van der Waals surface area contributed by atoms with Gasteiger partial charge in [0.15, 0.2) is 15.8 Å². The van der Waals surface area contributed by atoms with Gasteiger partial charge in [0.2, 0.25) is 5.13 Å². The van der Waals surface area contributed by atoms with Crippen molar-refractivity contribution in [3.8, 4) is 17.2 Å². The Balaban J connectivity index is 1.38. The summed E-state index contributed by atoms with van der Waals surface area (Å²) < 4.78 is 17.9. The molecular weight excluding hydrogens is 634 g/mol. The monoisotopic (exact) mass is 663 g/mol. The topological polar surface area (TPSA) is 111 Å². The van der Waals surface area contributed by atoms with Gasteiger partial charge in [0.1, 0.15) is 24.7 Å². The lowest BCUT2D eigenvalue weighted by Gasteiger charge is -2.23. The van der Waals surface area contributed by atoms with Crippen molar-refractivity contribution in [3.05, 3.63) is 94.0 Å². The van der Waals surface area contributed by atoms with Gasteiger partial charge in [0, 0.05) is 16.3 Å². The van der Waals surface area contributed by atoms with Crippen LogP contribution in [0.4, 0.5) is 5.13 Å². The maximum absolute atomic E-state index is 13.7. The van der Waals surface area contributed by atoms with Gasteiger partial charge in [-0.25, -0.2) is 0 Å². The molecule has 1 N–H and O–H groups in total. The maximum atomic E-state index is 13.7. The van der Waals surface area contributed by atoms with E-state index in [0.717, 1.165) is 12.0 Å². The Morgan fingerprint density at radius 1 is 1.07 bits per heavy atom. The molecule has 0 bridgehead atoms. The predicted molar refractivity (Wildman–Crippen MR) is 175 cm³/mol. The molecule has 2 aliphatic heterocycles. The number of thioether (sulfide) groups is 1. The largest absolute Gasteiger partial charge is 0.507 e. The fourth-order valence-electron chi connectivity index (χ4n) is 4.99. The van der Waals surface area contributed by atoms with Crippen LogP contribution in [0.2, 0.25) is 5.02 Å². The SMILES string of the molecule is CC(C)CCOc1cccc([C@@H]2C(=C(O)c3ccc4c(c3)OCCO4)C(=O)C(=O)N2c2nnc(SCc3ccccc3Cl)s2)c1. The van der Waals surface area contributed by atoms with E-state index in [0.29, 0.717) is 69.2 Å². The van der Waals surface area contributed by atoms with E-state index in [9.17, 15) is 14.7 Å². The number of ether oxygens (including phenoxy) is 3. The zero-order valence-corrected chi connectivity index (χ0v) is 27.0. The molecule has 12 heteroatoms. The summed E-state index contributed by atoms with van der Waals surface area (Å²) in [5.41, 5.74) is 1.77. The summed E-state index contributed by atoms with van der Waals surface area (Å²) in [5.74, 6) is 0.610. The minimum absolute atomic E-state index is 0.0727. The van der Waals surface area contributed by atoms with Crippen LogP contribution in [0.15, 0.2) is 76.6 Å². The first-order chi connectivity index (χ1) is 21.8. The second-order valence-corrected chi connectivity index (χ2v) is 13.4. The number of Topliss-reactive ketones (excluding diaryl/α,β-unsaturated/α-hetero) is 1. The number of carbonyl (C=O) groups is 2. The number of anilines is 1. The lowest BCUT2D eigenvalue weighted by molar-refractivity contribution is -0.132. The molecular formula is C33H30ClN3O6S2. The van der Waals surface area contributed by atoms with Gasteiger partial charge in [-0.05, 0) is 59.9 Å². The van der Waals surface area contributed by atoms with Crippen LogP contribution in [0.1, 0.15) is 43.0 Å². The van der Waals surface area contributed by atoms with Crippen LogP contribution in [-0.4, -0.2) is 46.8 Å². The second kappa shape index (κ2) is 13.5. The molecule has 2 aliphatic rings. The fraction of sp³-hybridized carbons (Fsp3) is 0.273. The Morgan fingerprint density at radius 2 is 1.87 bits per heavy atom. The standard InChI is InChI=1S/C33H30ClN3O6S2/c1-19(2)12-13-41-23-8-5-7-20(16-23)28-27(29(38)21-10-11-25-26(17-21)43-15-14-42-25)30(39)31(40)37(28)32-35-36-33(45-32)44-18-22-6-3-4-9-24(22)34/h3-11,16-17,19,28,38H,12-15,18H2,1-2H3/t28-/m1/s1. The molecule has 1 aromatic heterocycles. The van der Waals surface area contributed by atoms with Gasteiger partial charge in [-0.3, -0.25) is 14.5 Å². The normalized spacial score (nSPS) is 17.2. The summed E-state index contributed by atoms with van der Waals surface area (Å²) in [6.45, 7) is 5.53. The Bertz CT molecular complexity index is 1770. The van der Waals surface area contributed by atoms with Gasteiger partial charge in [-0.2, -0.15) is 0 Å². The van der Waals surface area contributed by atoms with E-state index in [1.807, 2.05) is 30.3 Å². The minimum Gasteiger partial charge on any atom is -0.507 e. The van der Waals surface area contributed by atoms with E-state index in [1.165, 1.54) is 28.0 Å². The molecule has 1 fully saturated rings. The van der Waals surface area contributed by atoms with Gasteiger partial charge in [0.05, 0.1) is 18.2 Å². The predicted octanol–water partition coefficient (Wildman–Crippen LogP) is 7.31. The van der Waals surface area contributed by atoms with Gasteiger partial charge < -0.3 is 19.3 Å². The third-order valence-corrected chi connectivity index (χ3v) is 9.78. The average Bonchev–Trinajstić information content (AvgIpc) is 3.61. The quantitative estimate of drug-likeness (QED) is 0.0614. The van der Waals surface area contributed by atoms with Crippen LogP contribution in [0.25, 0.3) is 5.76 Å². The number of rotatable bonds is 10. The molecule has 232 valence electrons. The molecule has 1 amide bonds. The molecule has 0 unspecified atom stereocenters. The first kappa shape index (κ1) is 30.9. The Kier molecular flexibility index (Phi) is 9.29. The highest BCUT2D eigenvalue weighted by atomic mass is 35.5. The first-order valence-corrected chi connectivity index (χ1v) is 16.6. The summed E-state index contributed by atoms with van der Waals surface area (Å²) >= 11 is 8.94. The van der Waals surface area contributed by atoms with Crippen LogP contribution >= 0.6 is 34.7 Å². The van der Waals surface area contributed by atoms with E-state index in [1.54, 1.807) is 36.4 Å². The molecule has 4 aromatic rings. The summed E-state index contributed by atoms with van der Waals surface area (Å²) in [6.07, 6.45) is 0.867. The van der Waals surface area contributed by atoms with Crippen LogP contribution in [0.5, 0.6) is 17.2 Å². The highest BCUT2D eigenvalue weighted by Crippen LogP contribution is 2.45. The number of benzene rings is 3. The van der Waals surface area contributed by atoms with Crippen molar-refractivity contribution in [2.45, 2.75) is 36.4 Å². The minimum atomic E-state index is -0.985. The van der Waals surface area contributed by atoms with Gasteiger partial charge in [0.25, 0.3) is 5.78 Å². The molecule has 3 heterocycles. The number of nitrogens with zero attached hydrogens (tertiary/aromatic N) is 3. The molecule has 6 rings (SSSR count). The molecule has 1 atom stereocenters. The molecule has 0 saturated carbocycles. The highest BCUT2D eigenvalue weighted by molar-refractivity contribution is 8.00. The number of hydrogen-bond donors (Lipinski definition) is 1. The summed E-state index contributed by atoms with van der Waals surface area (Å²) in [4.78, 5) is 28.7. The number of halogens is 1. The van der Waals surface area contributed by atoms with Crippen LogP contribution in [0, 0.1) is 5.92 Å². The molecule has 0 aliphatic carbocycles. The lowest BCUT2D eigenvalue weighted by Crippen LogP contribution is -2.29. The van der Waals surface area contributed by atoms with E-state index in [-0.39, 0.29) is 16.5 Å². The van der Waals surface area contributed by atoms with Gasteiger partial charge in [-0.15, -0.1) is 10.2 Å². The Morgan fingerprint density at radius 3 is 2.67 bits per heavy atom. The zero-order valence-electron chi connectivity index (χ0n) is 24.6. The number of carbonyl (C=O) groups excluding carboxylic acids is 2. The second-order valence-electron chi connectivity index (χ2n) is 10.9. The summed E-state index contributed by atoms with van der Waals surface area (Å²) in [5, 5.41) is 21.1. The lowest BCUT2D eigenvalue weighted by atomic mass is 9.95. The highest BCUT2D eigenvalue weighted by Gasteiger charge is 2.48. The van der Waals surface area contributed by atoms with Gasteiger partial charge >= 0.3 is 5.91 Å². The summed E-state index contributed by atoms with van der Waals surface area (Å²) in [7, 11) is 0. The van der Waals surface area contributed by atoms with Crippen molar-refractivity contribution < 1.29 is 28.9 Å². The Hall–Kier alpha value is -4.06. The van der Waals surface area contributed by atoms with Crippen molar-refractivity contribution in [2.75, 3.05) is 24.7 Å². The number of hydrogen-bond acceptors (Lipinski definition) is 10. The number of aliphatic hydroxyl groups excluding tert-OH is 1. The maximum Gasteiger partial charge on any atom is 0.301 e. The third kappa shape index (κ3) is 6.66. The number of aliphatic hydroxyl groups is 1.